The van der Waals surface area contributed by atoms with Crippen LogP contribution in [0.15, 0.2) is 11.6 Å². The average molecular weight is 363 g/mol. The summed E-state index contributed by atoms with van der Waals surface area (Å²) in [7, 11) is 5.53. The second-order valence-corrected chi connectivity index (χ2v) is 9.64. The van der Waals surface area contributed by atoms with Crippen molar-refractivity contribution < 1.29 is 14.2 Å². The van der Waals surface area contributed by atoms with Gasteiger partial charge in [-0.25, -0.2) is 0 Å². The molecule has 3 heteroatoms. The topological polar surface area (TPSA) is 27.7 Å². The standard InChI is InChI=1S/C23H38O3/c1-6-15-7-8-20-18-13-21(24-3)19-14-23(25-4,26-5)12-10-17(19)16(18)9-11-22(15,20)2/h6,16-21H,7-14H2,1-5H3/b15-6-/t16-,17-,18-,19+,20+,21-,22-/m1/s1. The van der Waals surface area contributed by atoms with Crippen molar-refractivity contribution in [3.63, 3.8) is 0 Å². The molecule has 4 saturated carbocycles. The molecule has 4 aliphatic rings. The molecule has 148 valence electrons. The zero-order chi connectivity index (χ0) is 18.5. The van der Waals surface area contributed by atoms with Gasteiger partial charge in [0, 0.05) is 34.2 Å². The van der Waals surface area contributed by atoms with Crippen molar-refractivity contribution in [3.8, 4) is 0 Å². The van der Waals surface area contributed by atoms with Crippen LogP contribution < -0.4 is 0 Å². The zero-order valence-electron chi connectivity index (χ0n) is 17.4. The van der Waals surface area contributed by atoms with Crippen LogP contribution in [0.25, 0.3) is 0 Å². The Balaban J connectivity index is 1.61. The summed E-state index contributed by atoms with van der Waals surface area (Å²) >= 11 is 0. The molecule has 4 rings (SSSR count). The van der Waals surface area contributed by atoms with Gasteiger partial charge in [-0.15, -0.1) is 0 Å². The molecule has 0 unspecified atom stereocenters. The largest absolute Gasteiger partial charge is 0.381 e. The van der Waals surface area contributed by atoms with Crippen LogP contribution in [-0.2, 0) is 14.2 Å². The Bertz CT molecular complexity index is 552. The Hall–Kier alpha value is -0.380. The number of fused-ring (bicyclic) bond motifs is 5. The maximum Gasteiger partial charge on any atom is 0.167 e. The molecule has 26 heavy (non-hydrogen) atoms. The van der Waals surface area contributed by atoms with E-state index < -0.39 is 0 Å². The molecule has 0 heterocycles. The van der Waals surface area contributed by atoms with E-state index in [2.05, 4.69) is 19.9 Å². The first-order valence-electron chi connectivity index (χ1n) is 10.8. The van der Waals surface area contributed by atoms with E-state index in [1.165, 1.54) is 38.5 Å². The van der Waals surface area contributed by atoms with Gasteiger partial charge < -0.3 is 14.2 Å². The van der Waals surface area contributed by atoms with E-state index in [0.717, 1.165) is 36.5 Å². The summed E-state index contributed by atoms with van der Waals surface area (Å²) in [6.07, 6.45) is 12.8. The highest BCUT2D eigenvalue weighted by atomic mass is 16.7. The van der Waals surface area contributed by atoms with E-state index in [9.17, 15) is 0 Å². The van der Waals surface area contributed by atoms with Crippen molar-refractivity contribution >= 4 is 0 Å². The van der Waals surface area contributed by atoms with Crippen molar-refractivity contribution in [1.82, 2.24) is 0 Å². The molecule has 0 aliphatic heterocycles. The highest BCUT2D eigenvalue weighted by molar-refractivity contribution is 5.23. The van der Waals surface area contributed by atoms with E-state index in [4.69, 9.17) is 14.2 Å². The lowest BCUT2D eigenvalue weighted by molar-refractivity contribution is -0.258. The molecule has 0 aromatic carbocycles. The quantitative estimate of drug-likeness (QED) is 0.510. The monoisotopic (exact) mass is 362 g/mol. The van der Waals surface area contributed by atoms with Crippen LogP contribution in [0.3, 0.4) is 0 Å². The summed E-state index contributed by atoms with van der Waals surface area (Å²) in [5.74, 6) is 3.57. The van der Waals surface area contributed by atoms with E-state index in [-0.39, 0.29) is 5.79 Å². The predicted molar refractivity (Wildman–Crippen MR) is 104 cm³/mol. The first-order valence-corrected chi connectivity index (χ1v) is 10.8. The second-order valence-electron chi connectivity index (χ2n) is 9.64. The van der Waals surface area contributed by atoms with Crippen molar-refractivity contribution in [2.45, 2.75) is 77.1 Å². The Morgan fingerprint density at radius 3 is 2.27 bits per heavy atom. The molecule has 4 aliphatic carbocycles. The molecule has 7 atom stereocenters. The third kappa shape index (κ3) is 2.64. The summed E-state index contributed by atoms with van der Waals surface area (Å²) in [5, 5.41) is 0. The van der Waals surface area contributed by atoms with Gasteiger partial charge in [0.15, 0.2) is 5.79 Å². The summed E-state index contributed by atoms with van der Waals surface area (Å²) in [4.78, 5) is 0. The number of hydrogen-bond acceptors (Lipinski definition) is 3. The number of allylic oxidation sites excluding steroid dienone is 2. The molecule has 0 spiro atoms. The predicted octanol–water partition coefficient (Wildman–Crippen LogP) is 5.20. The molecular formula is C23H38O3. The SMILES string of the molecule is C/C=C1/CC[C@H]2[C@@H]3C[C@@H](OC)[C@H]4CC(OC)(OC)CC[C@@H]4[C@H]3CC[C@]12C. The van der Waals surface area contributed by atoms with Gasteiger partial charge in [0.05, 0.1) is 6.10 Å². The van der Waals surface area contributed by atoms with E-state index in [1.807, 2.05) is 7.11 Å². The van der Waals surface area contributed by atoms with Gasteiger partial charge in [-0.1, -0.05) is 18.6 Å². The highest BCUT2D eigenvalue weighted by Gasteiger charge is 2.58. The van der Waals surface area contributed by atoms with Gasteiger partial charge >= 0.3 is 0 Å². The highest BCUT2D eigenvalue weighted by Crippen LogP contribution is 2.64. The maximum atomic E-state index is 6.10. The lowest BCUT2D eigenvalue weighted by Gasteiger charge is -2.58. The molecule has 0 amide bonds. The summed E-state index contributed by atoms with van der Waals surface area (Å²) < 4.78 is 17.8. The van der Waals surface area contributed by atoms with Gasteiger partial charge in [-0.2, -0.15) is 0 Å². The first-order chi connectivity index (χ1) is 12.5. The van der Waals surface area contributed by atoms with Gasteiger partial charge in [-0.05, 0) is 80.5 Å². The zero-order valence-corrected chi connectivity index (χ0v) is 17.4. The molecule has 0 saturated heterocycles. The Labute approximate surface area is 159 Å². The third-order valence-electron chi connectivity index (χ3n) is 9.22. The van der Waals surface area contributed by atoms with Crippen LogP contribution in [0.5, 0.6) is 0 Å². The Morgan fingerprint density at radius 2 is 1.62 bits per heavy atom. The van der Waals surface area contributed by atoms with Gasteiger partial charge in [0.1, 0.15) is 0 Å². The fourth-order valence-corrected chi connectivity index (χ4v) is 7.83. The number of ether oxygens (including phenoxy) is 3. The Kier molecular flexibility index (Phi) is 5.03. The minimum absolute atomic E-state index is 0.364. The van der Waals surface area contributed by atoms with Crippen molar-refractivity contribution in [2.75, 3.05) is 21.3 Å². The molecule has 0 N–H and O–H groups in total. The van der Waals surface area contributed by atoms with E-state index in [0.29, 0.717) is 17.4 Å². The first kappa shape index (κ1) is 19.0. The minimum atomic E-state index is -0.389. The van der Waals surface area contributed by atoms with Crippen molar-refractivity contribution in [2.24, 2.45) is 35.0 Å². The minimum Gasteiger partial charge on any atom is -0.381 e. The van der Waals surface area contributed by atoms with Gasteiger partial charge in [-0.3, -0.25) is 0 Å². The number of hydrogen-bond donors (Lipinski definition) is 0. The molecule has 4 fully saturated rings. The summed E-state index contributed by atoms with van der Waals surface area (Å²) in [6.45, 7) is 4.81. The Morgan fingerprint density at radius 1 is 0.923 bits per heavy atom. The van der Waals surface area contributed by atoms with Crippen LogP contribution in [0.1, 0.15) is 65.2 Å². The van der Waals surface area contributed by atoms with Gasteiger partial charge in [0.2, 0.25) is 0 Å². The lowest BCUT2D eigenvalue weighted by atomic mass is 9.49. The summed E-state index contributed by atoms with van der Waals surface area (Å²) in [6, 6.07) is 0. The van der Waals surface area contributed by atoms with Crippen LogP contribution in [0, 0.1) is 35.0 Å². The molecule has 0 radical (unpaired) electrons. The second kappa shape index (κ2) is 6.90. The van der Waals surface area contributed by atoms with Gasteiger partial charge in [0.25, 0.3) is 0 Å². The molecule has 0 aromatic heterocycles. The third-order valence-corrected chi connectivity index (χ3v) is 9.22. The van der Waals surface area contributed by atoms with Crippen LogP contribution >= 0.6 is 0 Å². The maximum absolute atomic E-state index is 6.10. The van der Waals surface area contributed by atoms with Crippen molar-refractivity contribution in [1.29, 1.82) is 0 Å². The molecule has 0 aromatic rings. The van der Waals surface area contributed by atoms with Crippen LogP contribution in [0.2, 0.25) is 0 Å². The lowest BCUT2D eigenvalue weighted by Crippen LogP contribution is -2.55. The number of methoxy groups -OCH3 is 3. The van der Waals surface area contributed by atoms with E-state index >= 15 is 0 Å². The fourth-order valence-electron chi connectivity index (χ4n) is 7.83. The van der Waals surface area contributed by atoms with Crippen LogP contribution in [0.4, 0.5) is 0 Å². The van der Waals surface area contributed by atoms with E-state index in [1.54, 1.807) is 19.8 Å². The molecule has 0 bridgehead atoms. The van der Waals surface area contributed by atoms with Crippen molar-refractivity contribution in [3.05, 3.63) is 11.6 Å². The average Bonchev–Trinajstić information content (AvgIpc) is 3.03. The smallest absolute Gasteiger partial charge is 0.167 e. The number of rotatable bonds is 3. The normalized spacial score (nSPS) is 48.7. The summed E-state index contributed by atoms with van der Waals surface area (Å²) in [5.41, 5.74) is 2.19. The fraction of sp³-hybridized carbons (Fsp3) is 0.913. The molecule has 3 nitrogen and oxygen atoms in total. The van der Waals surface area contributed by atoms with Crippen LogP contribution in [-0.4, -0.2) is 33.2 Å². The molecular weight excluding hydrogens is 324 g/mol.